The molecule has 0 N–H and O–H groups in total. The van der Waals surface area contributed by atoms with E-state index in [9.17, 15) is 0 Å². The smallest absolute Gasteiger partial charge is 0.166 e. The van der Waals surface area contributed by atoms with Gasteiger partial charge in [0.25, 0.3) is 0 Å². The number of rotatable bonds is 5. The lowest BCUT2D eigenvalue weighted by molar-refractivity contribution is -0.0995. The number of ether oxygens (including phenoxy) is 2. The van der Waals surface area contributed by atoms with Gasteiger partial charge < -0.3 is 9.47 Å². The van der Waals surface area contributed by atoms with Crippen molar-refractivity contribution in [3.63, 3.8) is 0 Å². The normalized spacial score (nSPS) is 13.7. The lowest BCUT2D eigenvalue weighted by Crippen LogP contribution is -2.17. The van der Waals surface area contributed by atoms with Gasteiger partial charge in [0.1, 0.15) is 0 Å². The van der Waals surface area contributed by atoms with E-state index in [1.54, 1.807) is 7.11 Å². The van der Waals surface area contributed by atoms with Crippen LogP contribution in [0.5, 0.6) is 0 Å². The van der Waals surface area contributed by atoms with Gasteiger partial charge in [-0.05, 0) is 0 Å². The minimum atomic E-state index is -0.0136. The summed E-state index contributed by atoms with van der Waals surface area (Å²) in [5, 5.41) is 0. The van der Waals surface area contributed by atoms with Gasteiger partial charge >= 0.3 is 0 Å². The summed E-state index contributed by atoms with van der Waals surface area (Å²) in [4.78, 5) is 0. The minimum absolute atomic E-state index is 0.0136. The van der Waals surface area contributed by atoms with E-state index in [-0.39, 0.29) is 6.29 Å². The fourth-order valence-electron chi connectivity index (χ4n) is 0.352. The maximum atomic E-state index is 5.25. The number of alkyl halides is 2. The molecule has 0 aliphatic carbocycles. The molecule has 0 amide bonds. The van der Waals surface area contributed by atoms with Crippen molar-refractivity contribution < 1.29 is 9.47 Å². The van der Waals surface area contributed by atoms with Gasteiger partial charge in [-0.25, -0.2) is 0 Å². The van der Waals surface area contributed by atoms with E-state index in [1.807, 2.05) is 0 Å². The highest BCUT2D eigenvalue weighted by Gasteiger charge is 2.01. The maximum absolute atomic E-state index is 5.25. The summed E-state index contributed by atoms with van der Waals surface area (Å²) in [7, 11) is 1.66. The van der Waals surface area contributed by atoms with Crippen molar-refractivity contribution in [3.05, 3.63) is 0 Å². The Morgan fingerprint density at radius 2 is 2.11 bits per heavy atom. The Balaban J connectivity index is 3.09. The molecule has 0 aliphatic rings. The third-order valence-electron chi connectivity index (χ3n) is 0.770. The third-order valence-corrected chi connectivity index (χ3v) is 1.93. The molecular weight excluding hydrogens is 346 g/mol. The molecule has 0 fully saturated rings. The first-order chi connectivity index (χ1) is 4.35. The number of halogens is 2. The van der Waals surface area contributed by atoms with Crippen molar-refractivity contribution in [2.75, 3.05) is 22.6 Å². The molecule has 0 spiro atoms. The molecular formula is C5H10I2O2. The van der Waals surface area contributed by atoms with Crippen molar-refractivity contribution >= 4 is 45.2 Å². The van der Waals surface area contributed by atoms with Gasteiger partial charge in [-0.1, -0.05) is 45.2 Å². The largest absolute Gasteiger partial charge is 0.355 e. The van der Waals surface area contributed by atoms with Crippen LogP contribution in [0, 0.1) is 0 Å². The van der Waals surface area contributed by atoms with E-state index < -0.39 is 0 Å². The van der Waals surface area contributed by atoms with Crippen molar-refractivity contribution in [2.24, 2.45) is 0 Å². The fraction of sp³-hybridized carbons (Fsp3) is 1.00. The lowest BCUT2D eigenvalue weighted by atomic mass is 10.7. The van der Waals surface area contributed by atoms with Gasteiger partial charge in [0.2, 0.25) is 0 Å². The van der Waals surface area contributed by atoms with Gasteiger partial charge in [-0.2, -0.15) is 0 Å². The molecule has 0 saturated heterocycles. The van der Waals surface area contributed by atoms with Crippen molar-refractivity contribution in [2.45, 2.75) is 6.29 Å². The molecule has 4 heteroatoms. The Labute approximate surface area is 82.9 Å². The van der Waals surface area contributed by atoms with E-state index >= 15 is 0 Å². The van der Waals surface area contributed by atoms with Crippen molar-refractivity contribution in [3.8, 4) is 0 Å². The molecule has 0 aromatic rings. The molecule has 0 heterocycles. The summed E-state index contributed by atoms with van der Waals surface area (Å²) < 4.78 is 12.1. The molecule has 0 aromatic carbocycles. The van der Waals surface area contributed by atoms with E-state index in [1.165, 1.54) is 0 Å². The topological polar surface area (TPSA) is 18.5 Å². The van der Waals surface area contributed by atoms with Crippen LogP contribution in [-0.4, -0.2) is 28.9 Å². The highest BCUT2D eigenvalue weighted by Crippen LogP contribution is 1.98. The summed E-state index contributed by atoms with van der Waals surface area (Å²) in [5.41, 5.74) is 0. The Morgan fingerprint density at radius 1 is 1.44 bits per heavy atom. The Morgan fingerprint density at radius 3 is 2.44 bits per heavy atom. The molecule has 0 rings (SSSR count). The quantitative estimate of drug-likeness (QED) is 0.425. The van der Waals surface area contributed by atoms with Crippen LogP contribution in [0.1, 0.15) is 0 Å². The lowest BCUT2D eigenvalue weighted by Gasteiger charge is -2.11. The second-order valence-corrected chi connectivity index (χ2v) is 3.34. The number of hydrogen-bond acceptors (Lipinski definition) is 2. The number of hydrogen-bond donors (Lipinski definition) is 0. The average Bonchev–Trinajstić information content (AvgIpc) is 1.91. The molecule has 0 radical (unpaired) electrons. The SMILES string of the molecule is COC(CI)OCCI. The first kappa shape index (κ1) is 10.4. The zero-order valence-electron chi connectivity index (χ0n) is 5.27. The summed E-state index contributed by atoms with van der Waals surface area (Å²) in [5.74, 6) is 0. The Kier molecular flexibility index (Phi) is 8.63. The first-order valence-corrected chi connectivity index (χ1v) is 5.66. The van der Waals surface area contributed by atoms with Crippen LogP contribution < -0.4 is 0 Å². The third kappa shape index (κ3) is 5.81. The van der Waals surface area contributed by atoms with Crippen molar-refractivity contribution in [1.82, 2.24) is 0 Å². The second-order valence-electron chi connectivity index (χ2n) is 1.38. The highest BCUT2D eigenvalue weighted by molar-refractivity contribution is 14.1. The predicted octanol–water partition coefficient (Wildman–Crippen LogP) is 1.85. The molecule has 2 nitrogen and oxygen atoms in total. The van der Waals surface area contributed by atoms with Crippen LogP contribution >= 0.6 is 45.2 Å². The highest BCUT2D eigenvalue weighted by atomic mass is 127. The van der Waals surface area contributed by atoms with Crippen LogP contribution in [0.15, 0.2) is 0 Å². The predicted molar refractivity (Wildman–Crippen MR) is 54.5 cm³/mol. The van der Waals surface area contributed by atoms with Crippen LogP contribution in [-0.2, 0) is 9.47 Å². The molecule has 0 bridgehead atoms. The van der Waals surface area contributed by atoms with Crippen LogP contribution in [0.3, 0.4) is 0 Å². The van der Waals surface area contributed by atoms with E-state index in [0.717, 1.165) is 15.5 Å². The van der Waals surface area contributed by atoms with E-state index in [4.69, 9.17) is 9.47 Å². The van der Waals surface area contributed by atoms with Gasteiger partial charge in [0, 0.05) is 11.5 Å². The molecule has 1 atom stereocenters. The second kappa shape index (κ2) is 7.49. The first-order valence-electron chi connectivity index (χ1n) is 2.61. The molecule has 0 aromatic heterocycles. The van der Waals surface area contributed by atoms with Gasteiger partial charge in [-0.15, -0.1) is 0 Å². The maximum Gasteiger partial charge on any atom is 0.166 e. The summed E-state index contributed by atoms with van der Waals surface area (Å²) in [6, 6.07) is 0. The molecule has 1 unspecified atom stereocenters. The van der Waals surface area contributed by atoms with Crippen LogP contribution in [0.25, 0.3) is 0 Å². The van der Waals surface area contributed by atoms with Crippen LogP contribution in [0.2, 0.25) is 0 Å². The summed E-state index contributed by atoms with van der Waals surface area (Å²) in [6.07, 6.45) is -0.0136. The molecule has 0 saturated carbocycles. The Bertz CT molecular complexity index is 56.9. The fourth-order valence-corrected chi connectivity index (χ4v) is 1.22. The van der Waals surface area contributed by atoms with Crippen LogP contribution in [0.4, 0.5) is 0 Å². The average molecular weight is 356 g/mol. The van der Waals surface area contributed by atoms with E-state index in [0.29, 0.717) is 0 Å². The van der Waals surface area contributed by atoms with Gasteiger partial charge in [-0.3, -0.25) is 0 Å². The molecule has 0 aliphatic heterocycles. The summed E-state index contributed by atoms with van der Waals surface area (Å²) in [6.45, 7) is 0.780. The minimum Gasteiger partial charge on any atom is -0.355 e. The van der Waals surface area contributed by atoms with E-state index in [2.05, 4.69) is 45.2 Å². The Hall–Kier alpha value is 1.38. The van der Waals surface area contributed by atoms with Gasteiger partial charge in [0.05, 0.1) is 11.0 Å². The van der Waals surface area contributed by atoms with Gasteiger partial charge in [0.15, 0.2) is 6.29 Å². The number of methoxy groups -OCH3 is 1. The molecule has 9 heavy (non-hydrogen) atoms. The summed E-state index contributed by atoms with van der Waals surface area (Å²) >= 11 is 4.51. The monoisotopic (exact) mass is 356 g/mol. The molecule has 56 valence electrons. The standard InChI is InChI=1S/C5H10I2O2/c1-8-5(4-7)9-3-2-6/h5H,2-4H2,1H3. The zero-order valence-corrected chi connectivity index (χ0v) is 9.59. The zero-order chi connectivity index (χ0) is 7.11. The van der Waals surface area contributed by atoms with Crippen molar-refractivity contribution in [1.29, 1.82) is 0 Å².